The third-order valence-corrected chi connectivity index (χ3v) is 7.20. The van der Waals surface area contributed by atoms with E-state index >= 15 is 0 Å². The molecule has 2 aliphatic rings. The van der Waals surface area contributed by atoms with Crippen molar-refractivity contribution in [1.29, 1.82) is 0 Å². The van der Waals surface area contributed by atoms with E-state index in [0.717, 1.165) is 29.5 Å². The van der Waals surface area contributed by atoms with Crippen LogP contribution in [0.2, 0.25) is 0 Å². The van der Waals surface area contributed by atoms with Crippen LogP contribution in [0.4, 0.5) is 0 Å². The van der Waals surface area contributed by atoms with E-state index in [0.29, 0.717) is 12.2 Å². The van der Waals surface area contributed by atoms with E-state index in [1.54, 1.807) is 24.4 Å². The summed E-state index contributed by atoms with van der Waals surface area (Å²) < 4.78 is 1.42. The average Bonchev–Trinajstić information content (AvgIpc) is 3.52. The highest BCUT2D eigenvalue weighted by Crippen LogP contribution is 2.38. The molecule has 1 aliphatic heterocycles. The minimum atomic E-state index is -0.356. The second-order valence-corrected chi connectivity index (χ2v) is 9.45. The Bertz CT molecular complexity index is 1390. The predicted molar refractivity (Wildman–Crippen MR) is 127 cm³/mol. The summed E-state index contributed by atoms with van der Waals surface area (Å²) in [4.78, 5) is 35.3. The Labute approximate surface area is 191 Å². The third-order valence-electron chi connectivity index (χ3n) is 7.20. The number of amides is 1. The highest BCUT2D eigenvalue weighted by molar-refractivity contribution is 5.92. The van der Waals surface area contributed by atoms with Gasteiger partial charge >= 0.3 is 0 Å². The van der Waals surface area contributed by atoms with Crippen LogP contribution in [0.25, 0.3) is 16.6 Å². The summed E-state index contributed by atoms with van der Waals surface area (Å²) in [5.74, 6) is 1.45. The first-order chi connectivity index (χ1) is 16.1. The molecule has 1 saturated heterocycles. The maximum absolute atomic E-state index is 12.6. The largest absolute Gasteiger partial charge is 0.357 e. The van der Waals surface area contributed by atoms with Crippen LogP contribution in [0.3, 0.4) is 0 Å². The van der Waals surface area contributed by atoms with Gasteiger partial charge in [-0.3, -0.25) is 18.9 Å². The zero-order valence-electron chi connectivity index (χ0n) is 18.5. The number of hydrogen-bond acceptors (Lipinski definition) is 4. The molecule has 2 N–H and O–H groups in total. The molecule has 1 aliphatic carbocycles. The fourth-order valence-electron chi connectivity index (χ4n) is 5.57. The molecule has 6 rings (SSSR count). The topological polar surface area (TPSA) is 82.5 Å². The summed E-state index contributed by atoms with van der Waals surface area (Å²) in [5.41, 5.74) is 3.64. The van der Waals surface area contributed by atoms with Gasteiger partial charge < -0.3 is 10.3 Å². The first kappa shape index (κ1) is 20.2. The fourth-order valence-corrected chi connectivity index (χ4v) is 5.57. The Kier molecular flexibility index (Phi) is 4.99. The van der Waals surface area contributed by atoms with Gasteiger partial charge in [-0.05, 0) is 59.9 Å². The number of H-pyrrole nitrogens is 1. The first-order valence-corrected chi connectivity index (χ1v) is 11.7. The van der Waals surface area contributed by atoms with Gasteiger partial charge in [0.25, 0.3) is 11.5 Å². The lowest BCUT2D eigenvalue weighted by molar-refractivity contribution is 0.0946. The van der Waals surface area contributed by atoms with Gasteiger partial charge in [-0.15, -0.1) is 0 Å². The summed E-state index contributed by atoms with van der Waals surface area (Å²) in [5, 5.41) is 4.07. The minimum absolute atomic E-state index is 0.129. The van der Waals surface area contributed by atoms with Gasteiger partial charge in [0.2, 0.25) is 0 Å². The highest BCUT2D eigenvalue weighted by Gasteiger charge is 2.35. The van der Waals surface area contributed by atoms with E-state index in [4.69, 9.17) is 0 Å². The number of hydrogen-bond donors (Lipinski definition) is 2. The Morgan fingerprint density at radius 3 is 2.79 bits per heavy atom. The van der Waals surface area contributed by atoms with Crippen molar-refractivity contribution in [2.24, 2.45) is 11.8 Å². The number of fused-ring (bicyclic) bond motifs is 3. The van der Waals surface area contributed by atoms with E-state index in [1.165, 1.54) is 53.9 Å². The van der Waals surface area contributed by atoms with Crippen molar-refractivity contribution in [2.45, 2.75) is 32.4 Å². The quantitative estimate of drug-likeness (QED) is 0.498. The van der Waals surface area contributed by atoms with Gasteiger partial charge in [-0.2, -0.15) is 0 Å². The van der Waals surface area contributed by atoms with E-state index in [1.807, 2.05) is 6.07 Å². The first-order valence-electron chi connectivity index (χ1n) is 11.7. The van der Waals surface area contributed by atoms with Crippen molar-refractivity contribution < 1.29 is 4.79 Å². The number of likely N-dealkylation sites (tertiary alicyclic amines) is 1. The van der Waals surface area contributed by atoms with E-state index in [2.05, 4.69) is 38.4 Å². The monoisotopic (exact) mass is 441 g/mol. The third kappa shape index (κ3) is 3.93. The van der Waals surface area contributed by atoms with Crippen molar-refractivity contribution in [1.82, 2.24) is 24.6 Å². The smallest absolute Gasteiger partial charge is 0.270 e. The SMILES string of the molecule is O=C(NCc1ccc2cc(CN3CC4CCCC4C3)[nH]c2c1)c1cc(=O)n2ccccc2n1. The van der Waals surface area contributed by atoms with Gasteiger partial charge in [0.1, 0.15) is 11.3 Å². The molecule has 1 aromatic carbocycles. The zero-order chi connectivity index (χ0) is 22.4. The summed E-state index contributed by atoms with van der Waals surface area (Å²) >= 11 is 0. The number of rotatable bonds is 5. The van der Waals surface area contributed by atoms with Gasteiger partial charge in [0.15, 0.2) is 0 Å². The molecule has 0 spiro atoms. The molecule has 1 saturated carbocycles. The van der Waals surface area contributed by atoms with Gasteiger partial charge in [-0.25, -0.2) is 4.98 Å². The summed E-state index contributed by atoms with van der Waals surface area (Å²) in [7, 11) is 0. The molecule has 2 unspecified atom stereocenters. The van der Waals surface area contributed by atoms with Gasteiger partial charge in [0.05, 0.1) is 0 Å². The molecule has 7 heteroatoms. The minimum Gasteiger partial charge on any atom is -0.357 e. The molecular formula is C26H27N5O2. The Hall–Kier alpha value is -3.45. The number of aromatic amines is 1. The zero-order valence-corrected chi connectivity index (χ0v) is 18.5. The van der Waals surface area contributed by atoms with Crippen molar-refractivity contribution in [3.8, 4) is 0 Å². The number of carbonyl (C=O) groups is 1. The maximum atomic E-state index is 12.6. The fraction of sp³-hybridized carbons (Fsp3) is 0.346. The lowest BCUT2D eigenvalue weighted by atomic mass is 10.0. The van der Waals surface area contributed by atoms with Crippen molar-refractivity contribution in [2.75, 3.05) is 13.1 Å². The second-order valence-electron chi connectivity index (χ2n) is 9.45. The van der Waals surface area contributed by atoms with Crippen LogP contribution in [-0.4, -0.2) is 38.3 Å². The summed E-state index contributed by atoms with van der Waals surface area (Å²) in [6.45, 7) is 3.79. The number of carbonyl (C=O) groups excluding carboxylic acids is 1. The molecule has 3 aromatic heterocycles. The number of nitrogens with zero attached hydrogens (tertiary/aromatic N) is 3. The van der Waals surface area contributed by atoms with Crippen molar-refractivity contribution in [3.63, 3.8) is 0 Å². The van der Waals surface area contributed by atoms with Gasteiger partial charge in [0, 0.05) is 49.7 Å². The molecule has 4 aromatic rings. The highest BCUT2D eigenvalue weighted by atomic mass is 16.2. The molecule has 7 nitrogen and oxygen atoms in total. The molecule has 1 amide bonds. The molecule has 168 valence electrons. The second kappa shape index (κ2) is 8.15. The predicted octanol–water partition coefficient (Wildman–Crippen LogP) is 3.34. The van der Waals surface area contributed by atoms with Crippen LogP contribution in [0.5, 0.6) is 0 Å². The number of benzene rings is 1. The van der Waals surface area contributed by atoms with Crippen LogP contribution in [-0.2, 0) is 13.1 Å². The molecule has 0 radical (unpaired) electrons. The van der Waals surface area contributed by atoms with E-state index in [-0.39, 0.29) is 17.2 Å². The molecular weight excluding hydrogens is 414 g/mol. The number of aromatic nitrogens is 3. The maximum Gasteiger partial charge on any atom is 0.270 e. The number of pyridine rings is 1. The van der Waals surface area contributed by atoms with E-state index < -0.39 is 0 Å². The van der Waals surface area contributed by atoms with Crippen LogP contribution in [0, 0.1) is 11.8 Å². The van der Waals surface area contributed by atoms with Crippen LogP contribution in [0.15, 0.2) is 59.5 Å². The molecule has 0 bridgehead atoms. The Morgan fingerprint density at radius 1 is 1.09 bits per heavy atom. The standard InChI is InChI=1S/C26H27N5O2/c32-25-12-23(29-24-6-1-2-9-31(24)25)26(33)27-13-17-7-8-18-11-21(28-22(18)10-17)16-30-14-19-4-3-5-20(19)15-30/h1-2,6-12,19-20,28H,3-5,13-16H2,(H,27,33). The lowest BCUT2D eigenvalue weighted by Gasteiger charge is -2.15. The number of nitrogens with one attached hydrogen (secondary N) is 2. The van der Waals surface area contributed by atoms with E-state index in [9.17, 15) is 9.59 Å². The summed E-state index contributed by atoms with van der Waals surface area (Å²) in [6, 6.07) is 15.0. The molecule has 2 atom stereocenters. The van der Waals surface area contributed by atoms with Crippen molar-refractivity contribution >= 4 is 22.5 Å². The summed E-state index contributed by atoms with van der Waals surface area (Å²) in [6.07, 6.45) is 5.84. The molecule has 33 heavy (non-hydrogen) atoms. The Morgan fingerprint density at radius 2 is 1.94 bits per heavy atom. The van der Waals surface area contributed by atoms with Gasteiger partial charge in [-0.1, -0.05) is 24.6 Å². The molecule has 2 fully saturated rings. The van der Waals surface area contributed by atoms with Crippen LogP contribution >= 0.6 is 0 Å². The van der Waals surface area contributed by atoms with Crippen LogP contribution < -0.4 is 10.9 Å². The Balaban J connectivity index is 1.13. The lowest BCUT2D eigenvalue weighted by Crippen LogP contribution is -2.26. The van der Waals surface area contributed by atoms with Crippen LogP contribution in [0.1, 0.15) is 41.0 Å². The normalized spacial score (nSPS) is 20.5. The van der Waals surface area contributed by atoms with Crippen molar-refractivity contribution in [3.05, 3.63) is 82.0 Å². The molecule has 4 heterocycles. The average molecular weight is 442 g/mol.